The Morgan fingerprint density at radius 2 is 1.72 bits per heavy atom. The zero-order valence-corrected chi connectivity index (χ0v) is 14.4. The molecule has 132 valence electrons. The van der Waals surface area contributed by atoms with Crippen LogP contribution < -0.4 is 10.5 Å². The number of rotatable bonds is 4. The van der Waals surface area contributed by atoms with E-state index in [4.69, 9.17) is 5.14 Å². The van der Waals surface area contributed by atoms with Crippen molar-refractivity contribution in [2.75, 3.05) is 5.32 Å². The van der Waals surface area contributed by atoms with Gasteiger partial charge in [0, 0.05) is 5.69 Å². The summed E-state index contributed by atoms with van der Waals surface area (Å²) in [4.78, 5) is 12.9. The minimum atomic E-state index is -3.85. The van der Waals surface area contributed by atoms with Gasteiger partial charge in [0.15, 0.2) is 0 Å². The number of amides is 1. The van der Waals surface area contributed by atoms with Crippen molar-refractivity contribution in [1.29, 1.82) is 0 Å². The van der Waals surface area contributed by atoms with E-state index in [1.165, 1.54) is 30.3 Å². The van der Waals surface area contributed by atoms with Crippen LogP contribution in [0.2, 0.25) is 0 Å². The van der Waals surface area contributed by atoms with Gasteiger partial charge in [0.05, 0.1) is 10.3 Å². The molecular weight excluding hydrogens is 343 g/mol. The van der Waals surface area contributed by atoms with Gasteiger partial charge in [0.25, 0.3) is 0 Å². The molecule has 1 amide bonds. The number of nitrogens with two attached hydrogens (primary N) is 1. The Morgan fingerprint density at radius 3 is 2.32 bits per heavy atom. The number of primary sulfonamides is 1. The van der Waals surface area contributed by atoms with E-state index in [2.05, 4.69) is 5.32 Å². The van der Waals surface area contributed by atoms with Gasteiger partial charge in [-0.3, -0.25) is 4.79 Å². The summed E-state index contributed by atoms with van der Waals surface area (Å²) in [5.41, 5.74) is 0.405. The van der Waals surface area contributed by atoms with Crippen molar-refractivity contribution in [3.05, 3.63) is 59.9 Å². The van der Waals surface area contributed by atoms with Crippen molar-refractivity contribution in [3.63, 3.8) is 0 Å². The summed E-state index contributed by atoms with van der Waals surface area (Å²) in [5.74, 6) is -0.568. The molecule has 1 saturated carbocycles. The lowest BCUT2D eigenvalue weighted by molar-refractivity contribution is -0.121. The van der Waals surface area contributed by atoms with Gasteiger partial charge in [0.1, 0.15) is 5.82 Å². The van der Waals surface area contributed by atoms with Gasteiger partial charge in [0.2, 0.25) is 15.9 Å². The minimum absolute atomic E-state index is 0.0624. The number of sulfonamides is 1. The number of anilines is 1. The molecule has 0 saturated heterocycles. The van der Waals surface area contributed by atoms with E-state index < -0.39 is 15.4 Å². The predicted molar refractivity (Wildman–Crippen MR) is 93.0 cm³/mol. The summed E-state index contributed by atoms with van der Waals surface area (Å²) in [6.07, 6.45) is 3.14. The van der Waals surface area contributed by atoms with E-state index in [0.29, 0.717) is 18.5 Å². The van der Waals surface area contributed by atoms with Crippen LogP contribution in [0.3, 0.4) is 0 Å². The van der Waals surface area contributed by atoms with Crippen molar-refractivity contribution >= 4 is 21.6 Å². The minimum Gasteiger partial charge on any atom is -0.325 e. The molecule has 25 heavy (non-hydrogen) atoms. The molecule has 0 spiro atoms. The zero-order chi connectivity index (χ0) is 18.1. The Morgan fingerprint density at radius 1 is 1.08 bits per heavy atom. The van der Waals surface area contributed by atoms with Crippen LogP contribution >= 0.6 is 0 Å². The molecule has 1 fully saturated rings. The van der Waals surface area contributed by atoms with Gasteiger partial charge in [-0.05, 0) is 48.7 Å². The van der Waals surface area contributed by atoms with Gasteiger partial charge in [-0.15, -0.1) is 0 Å². The molecule has 0 radical (unpaired) electrons. The lowest BCUT2D eigenvalue weighted by atomic mass is 9.78. The molecule has 0 atom stereocenters. The van der Waals surface area contributed by atoms with Crippen molar-refractivity contribution in [2.45, 2.75) is 36.0 Å². The molecule has 0 aromatic heterocycles. The molecule has 1 aliphatic rings. The highest BCUT2D eigenvalue weighted by Gasteiger charge is 2.42. The summed E-state index contributed by atoms with van der Waals surface area (Å²) in [7, 11) is -3.85. The van der Waals surface area contributed by atoms with Gasteiger partial charge in [-0.1, -0.05) is 31.0 Å². The molecule has 0 heterocycles. The Kier molecular flexibility index (Phi) is 4.62. The number of hydrogen-bond donors (Lipinski definition) is 2. The topological polar surface area (TPSA) is 89.3 Å². The molecule has 3 rings (SSSR count). The monoisotopic (exact) mass is 362 g/mol. The molecule has 7 heteroatoms. The van der Waals surface area contributed by atoms with E-state index in [-0.39, 0.29) is 16.6 Å². The fourth-order valence-corrected chi connectivity index (χ4v) is 3.96. The molecule has 0 bridgehead atoms. The van der Waals surface area contributed by atoms with Crippen LogP contribution in [-0.2, 0) is 20.2 Å². The van der Waals surface area contributed by atoms with Crippen molar-refractivity contribution < 1.29 is 17.6 Å². The highest BCUT2D eigenvalue weighted by atomic mass is 32.2. The first-order valence-electron chi connectivity index (χ1n) is 8.02. The maximum absolute atomic E-state index is 13.2. The molecule has 2 aromatic carbocycles. The second kappa shape index (κ2) is 6.57. The van der Waals surface area contributed by atoms with Gasteiger partial charge < -0.3 is 5.32 Å². The van der Waals surface area contributed by atoms with Gasteiger partial charge in [-0.25, -0.2) is 17.9 Å². The molecule has 3 N–H and O–H groups in total. The third-order valence-electron chi connectivity index (χ3n) is 4.71. The average Bonchev–Trinajstić information content (AvgIpc) is 3.06. The van der Waals surface area contributed by atoms with Gasteiger partial charge >= 0.3 is 0 Å². The van der Waals surface area contributed by atoms with Crippen LogP contribution in [0.15, 0.2) is 53.4 Å². The third kappa shape index (κ3) is 3.57. The van der Waals surface area contributed by atoms with Gasteiger partial charge in [-0.2, -0.15) is 0 Å². The van der Waals surface area contributed by atoms with E-state index in [1.807, 2.05) is 0 Å². The van der Waals surface area contributed by atoms with Crippen LogP contribution in [0, 0.1) is 5.82 Å². The second-order valence-corrected chi connectivity index (χ2v) is 7.88. The van der Waals surface area contributed by atoms with Crippen LogP contribution in [-0.4, -0.2) is 14.3 Å². The number of halogens is 1. The van der Waals surface area contributed by atoms with E-state index in [1.54, 1.807) is 18.2 Å². The fraction of sp³-hybridized carbons (Fsp3) is 0.278. The largest absolute Gasteiger partial charge is 0.325 e. The van der Waals surface area contributed by atoms with E-state index in [0.717, 1.165) is 18.4 Å². The lowest BCUT2D eigenvalue weighted by Gasteiger charge is -2.28. The van der Waals surface area contributed by atoms with Crippen LogP contribution in [0.1, 0.15) is 31.2 Å². The highest BCUT2D eigenvalue weighted by Crippen LogP contribution is 2.42. The molecule has 0 aliphatic heterocycles. The van der Waals surface area contributed by atoms with Crippen LogP contribution in [0.25, 0.3) is 0 Å². The molecule has 1 aliphatic carbocycles. The number of hydrogen-bond acceptors (Lipinski definition) is 3. The SMILES string of the molecule is NS(=O)(=O)c1cccc(NC(=O)C2(c3ccc(F)cc3)CCCC2)c1. The Labute approximate surface area is 146 Å². The number of nitrogens with one attached hydrogen (secondary N) is 1. The quantitative estimate of drug-likeness (QED) is 0.876. The first-order valence-corrected chi connectivity index (χ1v) is 9.56. The fourth-order valence-electron chi connectivity index (χ4n) is 3.40. The summed E-state index contributed by atoms with van der Waals surface area (Å²) in [6, 6.07) is 11.8. The maximum Gasteiger partial charge on any atom is 0.238 e. The highest BCUT2D eigenvalue weighted by molar-refractivity contribution is 7.89. The normalized spacial score (nSPS) is 16.6. The summed E-state index contributed by atoms with van der Waals surface area (Å²) >= 11 is 0. The predicted octanol–water partition coefficient (Wildman–Crippen LogP) is 2.92. The lowest BCUT2D eigenvalue weighted by Crippen LogP contribution is -2.38. The second-order valence-electron chi connectivity index (χ2n) is 6.32. The molecular formula is C18H19FN2O3S. The number of carbonyl (C=O) groups is 1. The van der Waals surface area contributed by atoms with E-state index >= 15 is 0 Å². The van der Waals surface area contributed by atoms with E-state index in [9.17, 15) is 17.6 Å². The number of benzene rings is 2. The molecule has 5 nitrogen and oxygen atoms in total. The summed E-state index contributed by atoms with van der Waals surface area (Å²) in [6.45, 7) is 0. The summed E-state index contributed by atoms with van der Waals surface area (Å²) < 4.78 is 36.2. The van der Waals surface area contributed by atoms with Crippen molar-refractivity contribution in [3.8, 4) is 0 Å². The third-order valence-corrected chi connectivity index (χ3v) is 5.62. The first-order chi connectivity index (χ1) is 11.8. The number of carbonyl (C=O) groups excluding carboxylic acids is 1. The maximum atomic E-state index is 13.2. The molecule has 2 aromatic rings. The Bertz CT molecular complexity index is 889. The molecule has 0 unspecified atom stereocenters. The smallest absolute Gasteiger partial charge is 0.238 e. The average molecular weight is 362 g/mol. The Hall–Kier alpha value is -2.25. The van der Waals surface area contributed by atoms with Crippen LogP contribution in [0.4, 0.5) is 10.1 Å². The van der Waals surface area contributed by atoms with Crippen LogP contribution in [0.5, 0.6) is 0 Å². The first kappa shape index (κ1) is 17.6. The Balaban J connectivity index is 1.91. The van der Waals surface area contributed by atoms with Crippen molar-refractivity contribution in [2.24, 2.45) is 5.14 Å². The van der Waals surface area contributed by atoms with Crippen molar-refractivity contribution in [1.82, 2.24) is 0 Å². The zero-order valence-electron chi connectivity index (χ0n) is 13.5. The summed E-state index contributed by atoms with van der Waals surface area (Å²) in [5, 5.41) is 7.93. The standard InChI is InChI=1S/C18H19FN2O3S/c19-14-8-6-13(7-9-14)18(10-1-2-11-18)17(22)21-15-4-3-5-16(12-15)25(20,23)24/h3-9,12H,1-2,10-11H2,(H,21,22)(H2,20,23,24).